The summed E-state index contributed by atoms with van der Waals surface area (Å²) in [6, 6.07) is 0. The van der Waals surface area contributed by atoms with E-state index in [0.717, 1.165) is 13.1 Å². The van der Waals surface area contributed by atoms with Crippen LogP contribution in [0.25, 0.3) is 0 Å². The summed E-state index contributed by atoms with van der Waals surface area (Å²) in [5, 5.41) is 0. The van der Waals surface area contributed by atoms with Crippen molar-refractivity contribution in [2.24, 2.45) is 5.73 Å². The molecule has 0 aromatic rings. The zero-order chi connectivity index (χ0) is 14.0. The zero-order valence-corrected chi connectivity index (χ0v) is 12.5. The third-order valence-electron chi connectivity index (χ3n) is 3.64. The molecule has 0 aromatic carbocycles. The predicted molar refractivity (Wildman–Crippen MR) is 71.5 cm³/mol. The van der Waals surface area contributed by atoms with Gasteiger partial charge in [0, 0.05) is 33.9 Å². The Balaban J connectivity index is 2.93. The monoisotopic (exact) mass is 260 g/mol. The van der Waals surface area contributed by atoms with Gasteiger partial charge in [0.05, 0.1) is 17.2 Å². The molecule has 0 aromatic heterocycles. The molecular weight excluding hydrogens is 232 g/mol. The van der Waals surface area contributed by atoms with E-state index < -0.39 is 0 Å². The van der Waals surface area contributed by atoms with Gasteiger partial charge in [0.2, 0.25) is 0 Å². The largest absolute Gasteiger partial charge is 0.370 e. The summed E-state index contributed by atoms with van der Waals surface area (Å²) < 4.78 is 16.8. The van der Waals surface area contributed by atoms with E-state index in [0.29, 0.717) is 6.54 Å². The zero-order valence-electron chi connectivity index (χ0n) is 12.5. The molecule has 1 heterocycles. The predicted octanol–water partition coefficient (Wildman–Crippen LogP) is 0.822. The van der Waals surface area contributed by atoms with Crippen LogP contribution in [0.5, 0.6) is 0 Å². The summed E-state index contributed by atoms with van der Waals surface area (Å²) in [5.41, 5.74) is 5.45. The van der Waals surface area contributed by atoms with Gasteiger partial charge in [-0.15, -0.1) is 0 Å². The van der Waals surface area contributed by atoms with Crippen molar-refractivity contribution in [3.05, 3.63) is 0 Å². The van der Waals surface area contributed by atoms with Crippen LogP contribution in [0.1, 0.15) is 27.7 Å². The molecule has 0 bridgehead atoms. The number of nitrogens with zero attached hydrogens (tertiary/aromatic N) is 1. The molecule has 0 saturated carbocycles. The lowest BCUT2D eigenvalue weighted by Gasteiger charge is -2.51. The Morgan fingerprint density at radius 1 is 1.44 bits per heavy atom. The number of rotatable bonds is 5. The molecule has 0 spiro atoms. The SMILES string of the molecule is COC(OC)C(C)(CN)N1CC(C)OC(C)(C)C1. The highest BCUT2D eigenvalue weighted by Gasteiger charge is 2.45. The van der Waals surface area contributed by atoms with Crippen molar-refractivity contribution in [2.75, 3.05) is 33.9 Å². The molecule has 5 heteroatoms. The van der Waals surface area contributed by atoms with E-state index in [1.807, 2.05) is 0 Å². The number of hydrogen-bond donors (Lipinski definition) is 1. The lowest BCUT2D eigenvalue weighted by atomic mass is 9.94. The van der Waals surface area contributed by atoms with E-state index >= 15 is 0 Å². The first-order valence-electron chi connectivity index (χ1n) is 6.47. The van der Waals surface area contributed by atoms with Crippen molar-refractivity contribution in [2.45, 2.75) is 51.2 Å². The number of morpholine rings is 1. The summed E-state index contributed by atoms with van der Waals surface area (Å²) >= 11 is 0. The minimum absolute atomic E-state index is 0.175. The molecule has 0 radical (unpaired) electrons. The van der Waals surface area contributed by atoms with Crippen LogP contribution >= 0.6 is 0 Å². The average molecular weight is 260 g/mol. The van der Waals surface area contributed by atoms with Crippen molar-refractivity contribution in [1.29, 1.82) is 0 Å². The second-order valence-corrected chi connectivity index (χ2v) is 5.93. The van der Waals surface area contributed by atoms with Crippen molar-refractivity contribution < 1.29 is 14.2 Å². The molecule has 2 atom stereocenters. The minimum Gasteiger partial charge on any atom is -0.370 e. The number of methoxy groups -OCH3 is 2. The maximum absolute atomic E-state index is 5.98. The molecule has 0 aliphatic carbocycles. The fourth-order valence-corrected chi connectivity index (χ4v) is 2.82. The molecule has 108 valence electrons. The van der Waals surface area contributed by atoms with E-state index in [-0.39, 0.29) is 23.5 Å². The molecule has 2 N–H and O–H groups in total. The van der Waals surface area contributed by atoms with E-state index in [9.17, 15) is 0 Å². The molecule has 1 fully saturated rings. The maximum Gasteiger partial charge on any atom is 0.176 e. The number of nitrogens with two attached hydrogens (primary N) is 1. The summed E-state index contributed by atoms with van der Waals surface area (Å²) in [6.45, 7) is 10.5. The molecule has 2 unspecified atom stereocenters. The van der Waals surface area contributed by atoms with Crippen LogP contribution in [0.2, 0.25) is 0 Å². The highest BCUT2D eigenvalue weighted by molar-refractivity contribution is 4.96. The van der Waals surface area contributed by atoms with Gasteiger partial charge in [0.25, 0.3) is 0 Å². The molecule has 5 nitrogen and oxygen atoms in total. The van der Waals surface area contributed by atoms with E-state index in [4.69, 9.17) is 19.9 Å². The molecule has 1 saturated heterocycles. The molecule has 0 amide bonds. The third kappa shape index (κ3) is 3.22. The normalized spacial score (nSPS) is 28.3. The fourth-order valence-electron chi connectivity index (χ4n) is 2.82. The van der Waals surface area contributed by atoms with Crippen LogP contribution < -0.4 is 5.73 Å². The molecule has 18 heavy (non-hydrogen) atoms. The quantitative estimate of drug-likeness (QED) is 0.742. The Hall–Kier alpha value is -0.200. The Bertz CT molecular complexity index is 269. The average Bonchev–Trinajstić information content (AvgIpc) is 2.27. The van der Waals surface area contributed by atoms with E-state index in [1.54, 1.807) is 14.2 Å². The minimum atomic E-state index is -0.348. The molecule has 1 aliphatic heterocycles. The van der Waals surface area contributed by atoms with Crippen LogP contribution in [0.3, 0.4) is 0 Å². The van der Waals surface area contributed by atoms with Gasteiger partial charge in [0.15, 0.2) is 6.29 Å². The Morgan fingerprint density at radius 3 is 2.39 bits per heavy atom. The van der Waals surface area contributed by atoms with Gasteiger partial charge in [-0.25, -0.2) is 0 Å². The molecule has 1 aliphatic rings. The lowest BCUT2D eigenvalue weighted by Crippen LogP contribution is -2.67. The highest BCUT2D eigenvalue weighted by Crippen LogP contribution is 2.29. The molecular formula is C13H28N2O3. The van der Waals surface area contributed by atoms with Crippen molar-refractivity contribution in [3.63, 3.8) is 0 Å². The number of hydrogen-bond acceptors (Lipinski definition) is 5. The maximum atomic E-state index is 5.98. The van der Waals surface area contributed by atoms with E-state index in [2.05, 4.69) is 32.6 Å². The first kappa shape index (κ1) is 15.9. The lowest BCUT2D eigenvalue weighted by molar-refractivity contribution is -0.218. The Labute approximate surface area is 111 Å². The van der Waals surface area contributed by atoms with Gasteiger partial charge in [0.1, 0.15) is 0 Å². The summed E-state index contributed by atoms with van der Waals surface area (Å²) in [7, 11) is 3.30. The van der Waals surface area contributed by atoms with Crippen molar-refractivity contribution in [1.82, 2.24) is 4.90 Å². The van der Waals surface area contributed by atoms with Gasteiger partial charge in [-0.3, -0.25) is 4.90 Å². The van der Waals surface area contributed by atoms with Gasteiger partial charge in [-0.05, 0) is 27.7 Å². The number of ether oxygens (including phenoxy) is 3. The summed E-state index contributed by atoms with van der Waals surface area (Å²) in [6.07, 6.45) is -0.169. The van der Waals surface area contributed by atoms with Crippen LogP contribution in [0, 0.1) is 0 Å². The Morgan fingerprint density at radius 2 is 2.00 bits per heavy atom. The standard InChI is InChI=1S/C13H28N2O3/c1-10-7-15(9-12(2,3)18-10)13(4,8-14)11(16-5)17-6/h10-11H,7-9,14H2,1-6H3. The van der Waals surface area contributed by atoms with Crippen LogP contribution in [0.15, 0.2) is 0 Å². The summed E-state index contributed by atoms with van der Waals surface area (Å²) in [5.74, 6) is 0. The van der Waals surface area contributed by atoms with Gasteiger partial charge >= 0.3 is 0 Å². The van der Waals surface area contributed by atoms with Crippen LogP contribution in [-0.2, 0) is 14.2 Å². The molecule has 1 rings (SSSR count). The van der Waals surface area contributed by atoms with Gasteiger partial charge in [-0.2, -0.15) is 0 Å². The van der Waals surface area contributed by atoms with Gasteiger partial charge in [-0.1, -0.05) is 0 Å². The van der Waals surface area contributed by atoms with Crippen LogP contribution in [-0.4, -0.2) is 62.3 Å². The first-order valence-corrected chi connectivity index (χ1v) is 6.47. The van der Waals surface area contributed by atoms with Crippen molar-refractivity contribution >= 4 is 0 Å². The Kier molecular flexibility index (Phi) is 5.14. The highest BCUT2D eigenvalue weighted by atomic mass is 16.7. The third-order valence-corrected chi connectivity index (χ3v) is 3.64. The second kappa shape index (κ2) is 5.84. The second-order valence-electron chi connectivity index (χ2n) is 5.93. The fraction of sp³-hybridized carbons (Fsp3) is 1.00. The smallest absolute Gasteiger partial charge is 0.176 e. The van der Waals surface area contributed by atoms with E-state index in [1.165, 1.54) is 0 Å². The van der Waals surface area contributed by atoms with Crippen molar-refractivity contribution in [3.8, 4) is 0 Å². The van der Waals surface area contributed by atoms with Gasteiger partial charge < -0.3 is 19.9 Å². The summed E-state index contributed by atoms with van der Waals surface area (Å²) in [4.78, 5) is 2.32. The van der Waals surface area contributed by atoms with Crippen LogP contribution in [0.4, 0.5) is 0 Å². The first-order chi connectivity index (χ1) is 8.29. The topological polar surface area (TPSA) is 57.0 Å².